The number of benzene rings is 1. The first kappa shape index (κ1) is 16.1. The van der Waals surface area contributed by atoms with Gasteiger partial charge in [0.25, 0.3) is 0 Å². The predicted octanol–water partition coefficient (Wildman–Crippen LogP) is 1.95. The van der Waals surface area contributed by atoms with Crippen molar-refractivity contribution in [2.45, 2.75) is 26.3 Å². The molecule has 0 heterocycles. The number of amides is 1. The fourth-order valence-electron chi connectivity index (χ4n) is 1.67. The van der Waals surface area contributed by atoms with Crippen molar-refractivity contribution in [2.75, 3.05) is 17.6 Å². The highest BCUT2D eigenvalue weighted by molar-refractivity contribution is 6.34. The standard InChI is InChI=1S/C13H18ClN3O3/c1-7(2)17-11(18)3-4-16-12-9(13(19)20)5-8(15)6-10(12)14/h5-7,16H,3-4,15H2,1-2H3,(H,17,18)(H,19,20). The lowest BCUT2D eigenvalue weighted by molar-refractivity contribution is -0.121. The van der Waals surface area contributed by atoms with Crippen LogP contribution in [0.25, 0.3) is 0 Å². The smallest absolute Gasteiger partial charge is 0.337 e. The van der Waals surface area contributed by atoms with Crippen LogP contribution in [0.15, 0.2) is 12.1 Å². The lowest BCUT2D eigenvalue weighted by Gasteiger charge is -2.13. The van der Waals surface area contributed by atoms with Crippen LogP contribution in [0.2, 0.25) is 5.02 Å². The van der Waals surface area contributed by atoms with E-state index in [-0.39, 0.29) is 46.9 Å². The van der Waals surface area contributed by atoms with Crippen LogP contribution < -0.4 is 16.4 Å². The molecule has 1 rings (SSSR count). The van der Waals surface area contributed by atoms with E-state index >= 15 is 0 Å². The van der Waals surface area contributed by atoms with E-state index in [1.807, 2.05) is 13.8 Å². The van der Waals surface area contributed by atoms with Gasteiger partial charge in [-0.2, -0.15) is 0 Å². The SMILES string of the molecule is CC(C)NC(=O)CCNc1c(Cl)cc(N)cc1C(=O)O. The zero-order chi connectivity index (χ0) is 15.3. The Morgan fingerprint density at radius 1 is 1.40 bits per heavy atom. The van der Waals surface area contributed by atoms with Gasteiger partial charge in [-0.05, 0) is 26.0 Å². The molecular formula is C13H18ClN3O3. The summed E-state index contributed by atoms with van der Waals surface area (Å²) in [6.07, 6.45) is 0.220. The van der Waals surface area contributed by atoms with Crippen molar-refractivity contribution in [3.05, 3.63) is 22.7 Å². The molecular weight excluding hydrogens is 282 g/mol. The number of aromatic carboxylic acids is 1. The van der Waals surface area contributed by atoms with Gasteiger partial charge in [-0.1, -0.05) is 11.6 Å². The third kappa shape index (κ3) is 4.62. The summed E-state index contributed by atoms with van der Waals surface area (Å²) in [6.45, 7) is 4.01. The van der Waals surface area contributed by atoms with Crippen LogP contribution in [-0.2, 0) is 4.79 Å². The zero-order valence-corrected chi connectivity index (χ0v) is 12.1. The van der Waals surface area contributed by atoms with Crippen molar-refractivity contribution in [1.29, 1.82) is 0 Å². The van der Waals surface area contributed by atoms with E-state index in [0.29, 0.717) is 0 Å². The van der Waals surface area contributed by atoms with Gasteiger partial charge in [-0.25, -0.2) is 4.79 Å². The summed E-state index contributed by atoms with van der Waals surface area (Å²) in [5.74, 6) is -1.25. The maximum Gasteiger partial charge on any atom is 0.337 e. The van der Waals surface area contributed by atoms with Crippen molar-refractivity contribution < 1.29 is 14.7 Å². The van der Waals surface area contributed by atoms with Crippen LogP contribution in [0, 0.1) is 0 Å². The van der Waals surface area contributed by atoms with E-state index in [4.69, 9.17) is 22.4 Å². The van der Waals surface area contributed by atoms with E-state index in [9.17, 15) is 9.59 Å². The van der Waals surface area contributed by atoms with Gasteiger partial charge >= 0.3 is 5.97 Å². The van der Waals surface area contributed by atoms with E-state index in [1.54, 1.807) is 0 Å². The van der Waals surface area contributed by atoms with Crippen LogP contribution in [-0.4, -0.2) is 29.6 Å². The number of carbonyl (C=O) groups is 2. The number of hydrogen-bond donors (Lipinski definition) is 4. The average molecular weight is 300 g/mol. The van der Waals surface area contributed by atoms with E-state index in [2.05, 4.69) is 10.6 Å². The fourth-order valence-corrected chi connectivity index (χ4v) is 1.97. The second-order valence-electron chi connectivity index (χ2n) is 4.63. The second-order valence-corrected chi connectivity index (χ2v) is 5.04. The number of rotatable bonds is 6. The number of nitrogens with one attached hydrogen (secondary N) is 2. The molecule has 0 aliphatic rings. The third-order valence-electron chi connectivity index (χ3n) is 2.45. The number of hydrogen-bond acceptors (Lipinski definition) is 4. The normalized spacial score (nSPS) is 10.4. The minimum atomic E-state index is -1.13. The van der Waals surface area contributed by atoms with Gasteiger partial charge in [0.05, 0.1) is 16.3 Å². The molecule has 7 heteroatoms. The number of nitrogen functional groups attached to an aromatic ring is 1. The molecule has 0 aliphatic heterocycles. The molecule has 1 amide bonds. The Morgan fingerprint density at radius 3 is 2.60 bits per heavy atom. The molecule has 0 fully saturated rings. The number of carboxylic acid groups (broad SMARTS) is 1. The summed E-state index contributed by atoms with van der Waals surface area (Å²) < 4.78 is 0. The maximum absolute atomic E-state index is 11.5. The summed E-state index contributed by atoms with van der Waals surface area (Å²) >= 11 is 5.97. The number of carbonyl (C=O) groups excluding carboxylic acids is 1. The molecule has 0 unspecified atom stereocenters. The molecule has 0 saturated carbocycles. The first-order valence-electron chi connectivity index (χ1n) is 6.16. The minimum Gasteiger partial charge on any atom is -0.478 e. The molecule has 0 spiro atoms. The highest BCUT2D eigenvalue weighted by Crippen LogP contribution is 2.29. The quantitative estimate of drug-likeness (QED) is 0.601. The topological polar surface area (TPSA) is 104 Å². The average Bonchev–Trinajstić information content (AvgIpc) is 2.30. The number of anilines is 2. The minimum absolute atomic E-state index is 0.0146. The highest BCUT2D eigenvalue weighted by Gasteiger charge is 2.15. The molecule has 0 saturated heterocycles. The number of nitrogens with two attached hydrogens (primary N) is 1. The van der Waals surface area contributed by atoms with Crippen LogP contribution in [0.5, 0.6) is 0 Å². The number of carboxylic acids is 1. The molecule has 0 radical (unpaired) electrons. The highest BCUT2D eigenvalue weighted by atomic mass is 35.5. The Balaban J connectivity index is 2.73. The first-order valence-corrected chi connectivity index (χ1v) is 6.54. The molecule has 110 valence electrons. The lowest BCUT2D eigenvalue weighted by Crippen LogP contribution is -2.31. The first-order chi connectivity index (χ1) is 9.31. The van der Waals surface area contributed by atoms with Crippen molar-refractivity contribution in [3.63, 3.8) is 0 Å². The summed E-state index contributed by atoms with van der Waals surface area (Å²) in [6, 6.07) is 2.85. The van der Waals surface area contributed by atoms with Gasteiger partial charge in [0.2, 0.25) is 5.91 Å². The van der Waals surface area contributed by atoms with Crippen LogP contribution in [0.1, 0.15) is 30.6 Å². The number of halogens is 1. The largest absolute Gasteiger partial charge is 0.478 e. The molecule has 1 aromatic carbocycles. The van der Waals surface area contributed by atoms with Crippen LogP contribution in [0.3, 0.4) is 0 Å². The van der Waals surface area contributed by atoms with Gasteiger partial charge in [-0.15, -0.1) is 0 Å². The van der Waals surface area contributed by atoms with Crippen molar-refractivity contribution in [3.8, 4) is 0 Å². The molecule has 0 aliphatic carbocycles. The summed E-state index contributed by atoms with van der Waals surface area (Å²) in [7, 11) is 0. The Hall–Kier alpha value is -1.95. The molecule has 0 atom stereocenters. The Labute approximate surface area is 122 Å². The van der Waals surface area contributed by atoms with Gasteiger partial charge in [0.1, 0.15) is 0 Å². The molecule has 0 aromatic heterocycles. The fraction of sp³-hybridized carbons (Fsp3) is 0.385. The molecule has 0 bridgehead atoms. The summed E-state index contributed by atoms with van der Waals surface area (Å²) in [5, 5.41) is 14.9. The van der Waals surface area contributed by atoms with Crippen molar-refractivity contribution in [2.24, 2.45) is 0 Å². The lowest BCUT2D eigenvalue weighted by atomic mass is 10.1. The molecule has 5 N–H and O–H groups in total. The second kappa shape index (κ2) is 7.00. The monoisotopic (exact) mass is 299 g/mol. The van der Waals surface area contributed by atoms with Gasteiger partial charge in [0, 0.05) is 24.7 Å². The van der Waals surface area contributed by atoms with Gasteiger partial charge < -0.3 is 21.5 Å². The van der Waals surface area contributed by atoms with Gasteiger partial charge in [0.15, 0.2) is 0 Å². The Kier molecular flexibility index (Phi) is 5.64. The van der Waals surface area contributed by atoms with E-state index in [1.165, 1.54) is 12.1 Å². The Bertz CT molecular complexity index is 518. The van der Waals surface area contributed by atoms with E-state index < -0.39 is 5.97 Å². The zero-order valence-electron chi connectivity index (χ0n) is 11.4. The third-order valence-corrected chi connectivity index (χ3v) is 2.74. The summed E-state index contributed by atoms with van der Waals surface area (Å²) in [5.41, 5.74) is 6.09. The Morgan fingerprint density at radius 2 is 2.05 bits per heavy atom. The van der Waals surface area contributed by atoms with Crippen molar-refractivity contribution >= 4 is 34.9 Å². The maximum atomic E-state index is 11.5. The van der Waals surface area contributed by atoms with Crippen LogP contribution in [0.4, 0.5) is 11.4 Å². The van der Waals surface area contributed by atoms with Crippen molar-refractivity contribution in [1.82, 2.24) is 5.32 Å². The molecule has 20 heavy (non-hydrogen) atoms. The van der Waals surface area contributed by atoms with Crippen LogP contribution >= 0.6 is 11.6 Å². The molecule has 1 aromatic rings. The van der Waals surface area contributed by atoms with E-state index in [0.717, 1.165) is 0 Å². The molecule has 6 nitrogen and oxygen atoms in total. The van der Waals surface area contributed by atoms with Gasteiger partial charge in [-0.3, -0.25) is 4.79 Å². The predicted molar refractivity (Wildman–Crippen MR) is 79.2 cm³/mol. The summed E-state index contributed by atoms with van der Waals surface area (Å²) in [4.78, 5) is 22.6.